The van der Waals surface area contributed by atoms with Crippen molar-refractivity contribution < 1.29 is 14.1 Å². The van der Waals surface area contributed by atoms with Crippen molar-refractivity contribution >= 4 is 23.4 Å². The fourth-order valence-corrected chi connectivity index (χ4v) is 3.68. The van der Waals surface area contributed by atoms with Gasteiger partial charge in [0.1, 0.15) is 5.82 Å². The number of benzene rings is 2. The summed E-state index contributed by atoms with van der Waals surface area (Å²) in [7, 11) is 0. The first-order chi connectivity index (χ1) is 11.1. The van der Waals surface area contributed by atoms with E-state index in [9.17, 15) is 19.3 Å². The Bertz CT molecular complexity index is 782. The minimum atomic E-state index is -0.543. The van der Waals surface area contributed by atoms with Crippen molar-refractivity contribution in [1.82, 2.24) is 5.32 Å². The summed E-state index contributed by atoms with van der Waals surface area (Å²) in [6, 6.07) is 10.1. The van der Waals surface area contributed by atoms with Crippen LogP contribution < -0.4 is 5.32 Å². The quantitative estimate of drug-likeness (QED) is 0.687. The Kier molecular flexibility index (Phi) is 4.29. The number of fused-ring (bicyclic) bond motifs is 1. The summed E-state index contributed by atoms with van der Waals surface area (Å²) in [5, 5.41) is 13.6. The molecule has 23 heavy (non-hydrogen) atoms. The van der Waals surface area contributed by atoms with Crippen molar-refractivity contribution in [3.05, 3.63) is 69.5 Å². The lowest BCUT2D eigenvalue weighted by Gasteiger charge is -2.26. The standard InChI is InChI=1S/C16H13FN2O3S/c17-13-6-2-5-12-14(7-8-23-15(12)13)18-16(20)10-3-1-4-11(9-10)19(21)22/h1-6,9,14H,7-8H2,(H,18,20)/t14-/m0/s1. The maximum absolute atomic E-state index is 13.8. The Morgan fingerprint density at radius 1 is 1.30 bits per heavy atom. The lowest BCUT2D eigenvalue weighted by molar-refractivity contribution is -0.384. The fourth-order valence-electron chi connectivity index (χ4n) is 2.54. The van der Waals surface area contributed by atoms with E-state index < -0.39 is 10.8 Å². The summed E-state index contributed by atoms with van der Waals surface area (Å²) in [6.45, 7) is 0. The van der Waals surface area contributed by atoms with Crippen LogP contribution in [0, 0.1) is 15.9 Å². The number of hydrogen-bond acceptors (Lipinski definition) is 4. The molecule has 5 nitrogen and oxygen atoms in total. The average Bonchev–Trinajstić information content (AvgIpc) is 2.56. The van der Waals surface area contributed by atoms with Crippen LogP contribution in [0.4, 0.5) is 10.1 Å². The van der Waals surface area contributed by atoms with Crippen molar-refractivity contribution in [3.8, 4) is 0 Å². The summed E-state index contributed by atoms with van der Waals surface area (Å²) in [5.74, 6) is 0.0102. The maximum atomic E-state index is 13.8. The van der Waals surface area contributed by atoms with Gasteiger partial charge in [-0.25, -0.2) is 4.39 Å². The smallest absolute Gasteiger partial charge is 0.270 e. The van der Waals surface area contributed by atoms with Crippen LogP contribution in [0.3, 0.4) is 0 Å². The fraction of sp³-hybridized carbons (Fsp3) is 0.188. The molecule has 2 aromatic rings. The molecule has 2 aromatic carbocycles. The Morgan fingerprint density at radius 2 is 2.09 bits per heavy atom. The zero-order valence-corrected chi connectivity index (χ0v) is 12.8. The SMILES string of the molecule is O=C(N[C@H]1CCSc2c(F)cccc21)c1cccc([N+](=O)[O-])c1. The molecule has 0 radical (unpaired) electrons. The molecule has 0 aromatic heterocycles. The van der Waals surface area contributed by atoms with Gasteiger partial charge in [0.15, 0.2) is 0 Å². The molecule has 1 N–H and O–H groups in total. The third-order valence-electron chi connectivity index (χ3n) is 3.65. The van der Waals surface area contributed by atoms with E-state index in [0.29, 0.717) is 17.1 Å². The van der Waals surface area contributed by atoms with E-state index in [0.717, 1.165) is 5.56 Å². The van der Waals surface area contributed by atoms with Crippen LogP contribution in [0.15, 0.2) is 47.4 Å². The minimum Gasteiger partial charge on any atom is -0.345 e. The number of amides is 1. The van der Waals surface area contributed by atoms with Gasteiger partial charge in [0, 0.05) is 28.3 Å². The second kappa shape index (κ2) is 6.37. The van der Waals surface area contributed by atoms with Crippen LogP contribution in [0.25, 0.3) is 0 Å². The zero-order valence-electron chi connectivity index (χ0n) is 12.0. The van der Waals surface area contributed by atoms with Crippen molar-refractivity contribution in [2.24, 2.45) is 0 Å². The molecule has 3 rings (SSSR count). The summed E-state index contributed by atoms with van der Waals surface area (Å²) < 4.78 is 13.8. The molecule has 0 saturated heterocycles. The van der Waals surface area contributed by atoms with Crippen molar-refractivity contribution in [2.75, 3.05) is 5.75 Å². The Morgan fingerprint density at radius 3 is 2.87 bits per heavy atom. The van der Waals surface area contributed by atoms with Crippen LogP contribution in [0.1, 0.15) is 28.4 Å². The van der Waals surface area contributed by atoms with Gasteiger partial charge < -0.3 is 5.32 Å². The molecule has 0 fully saturated rings. The van der Waals surface area contributed by atoms with Crippen LogP contribution in [-0.2, 0) is 0 Å². The number of carbonyl (C=O) groups excluding carboxylic acids is 1. The lowest BCUT2D eigenvalue weighted by Crippen LogP contribution is -2.30. The van der Waals surface area contributed by atoms with E-state index in [1.165, 1.54) is 42.1 Å². The Hall–Kier alpha value is -2.41. The number of halogens is 1. The predicted octanol–water partition coefficient (Wildman–Crippen LogP) is 3.70. The summed E-state index contributed by atoms with van der Waals surface area (Å²) >= 11 is 1.43. The van der Waals surface area contributed by atoms with Gasteiger partial charge in [0.25, 0.3) is 11.6 Å². The number of nitro groups is 1. The highest BCUT2D eigenvalue weighted by Crippen LogP contribution is 2.37. The number of nitro benzene ring substituents is 1. The first-order valence-electron chi connectivity index (χ1n) is 7.03. The first-order valence-corrected chi connectivity index (χ1v) is 8.01. The normalized spacial score (nSPS) is 16.5. The largest absolute Gasteiger partial charge is 0.345 e. The molecule has 0 unspecified atom stereocenters. The molecule has 1 atom stereocenters. The van der Waals surface area contributed by atoms with Crippen molar-refractivity contribution in [3.63, 3.8) is 0 Å². The van der Waals surface area contributed by atoms with Gasteiger partial charge in [0.2, 0.25) is 0 Å². The topological polar surface area (TPSA) is 72.2 Å². The molecule has 7 heteroatoms. The van der Waals surface area contributed by atoms with Crippen LogP contribution in [0.5, 0.6) is 0 Å². The second-order valence-electron chi connectivity index (χ2n) is 5.13. The van der Waals surface area contributed by atoms with Crippen molar-refractivity contribution in [2.45, 2.75) is 17.4 Å². The van der Waals surface area contributed by atoms with Gasteiger partial charge in [0.05, 0.1) is 11.0 Å². The number of rotatable bonds is 3. The summed E-state index contributed by atoms with van der Waals surface area (Å²) in [5.41, 5.74) is 0.832. The summed E-state index contributed by atoms with van der Waals surface area (Å²) in [4.78, 5) is 23.2. The third-order valence-corrected chi connectivity index (χ3v) is 4.81. The predicted molar refractivity (Wildman–Crippen MR) is 85.0 cm³/mol. The molecule has 1 aliphatic heterocycles. The first kappa shape index (κ1) is 15.5. The van der Waals surface area contributed by atoms with E-state index in [4.69, 9.17) is 0 Å². The Balaban J connectivity index is 1.83. The average molecular weight is 332 g/mol. The third kappa shape index (κ3) is 3.19. The molecule has 0 spiro atoms. The molecule has 1 amide bonds. The number of non-ortho nitro benzene ring substituents is 1. The van der Waals surface area contributed by atoms with Crippen LogP contribution >= 0.6 is 11.8 Å². The van der Waals surface area contributed by atoms with Gasteiger partial charge in [-0.15, -0.1) is 11.8 Å². The zero-order chi connectivity index (χ0) is 16.4. The highest BCUT2D eigenvalue weighted by Gasteiger charge is 2.25. The number of carbonyl (C=O) groups is 1. The van der Waals surface area contributed by atoms with Gasteiger partial charge >= 0.3 is 0 Å². The van der Waals surface area contributed by atoms with E-state index in [2.05, 4.69) is 5.32 Å². The van der Waals surface area contributed by atoms with E-state index >= 15 is 0 Å². The molecule has 0 bridgehead atoms. The van der Waals surface area contributed by atoms with Crippen LogP contribution in [0.2, 0.25) is 0 Å². The molecule has 1 aliphatic rings. The molecule has 1 heterocycles. The van der Waals surface area contributed by atoms with E-state index in [1.807, 2.05) is 0 Å². The van der Waals surface area contributed by atoms with Crippen LogP contribution in [-0.4, -0.2) is 16.6 Å². The lowest BCUT2D eigenvalue weighted by atomic mass is 10.0. The second-order valence-corrected chi connectivity index (χ2v) is 6.23. The number of nitrogens with zero attached hydrogens (tertiary/aromatic N) is 1. The molecule has 118 valence electrons. The van der Waals surface area contributed by atoms with Crippen molar-refractivity contribution in [1.29, 1.82) is 0 Å². The van der Waals surface area contributed by atoms with E-state index in [1.54, 1.807) is 12.1 Å². The highest BCUT2D eigenvalue weighted by atomic mass is 32.2. The highest BCUT2D eigenvalue weighted by molar-refractivity contribution is 7.99. The number of hydrogen-bond donors (Lipinski definition) is 1. The maximum Gasteiger partial charge on any atom is 0.270 e. The minimum absolute atomic E-state index is 0.136. The van der Waals surface area contributed by atoms with E-state index in [-0.39, 0.29) is 23.1 Å². The monoisotopic (exact) mass is 332 g/mol. The molecular weight excluding hydrogens is 319 g/mol. The Labute approximate surface area is 136 Å². The van der Waals surface area contributed by atoms with Gasteiger partial charge in [-0.1, -0.05) is 18.2 Å². The van der Waals surface area contributed by atoms with Gasteiger partial charge in [-0.3, -0.25) is 14.9 Å². The van der Waals surface area contributed by atoms with Gasteiger partial charge in [-0.2, -0.15) is 0 Å². The van der Waals surface area contributed by atoms with Gasteiger partial charge in [-0.05, 0) is 24.1 Å². The number of thioether (sulfide) groups is 1. The molecule has 0 saturated carbocycles. The molecular formula is C16H13FN2O3S. The molecule has 0 aliphatic carbocycles. The number of nitrogens with one attached hydrogen (secondary N) is 1. The summed E-state index contributed by atoms with van der Waals surface area (Å²) in [6.07, 6.45) is 0.682.